The summed E-state index contributed by atoms with van der Waals surface area (Å²) < 4.78 is 56.3. The van der Waals surface area contributed by atoms with Crippen LogP contribution in [0, 0.1) is 0 Å². The third kappa shape index (κ3) is 2.85. The molecule has 14 heavy (non-hydrogen) atoms. The van der Waals surface area contributed by atoms with Crippen molar-refractivity contribution in [1.29, 1.82) is 4.29 Å². The molecule has 8 nitrogen and oxygen atoms in total. The van der Waals surface area contributed by atoms with Gasteiger partial charge >= 0.3 is 15.2 Å². The number of hydrogen-bond acceptors (Lipinski definition) is 6. The second-order valence-electron chi connectivity index (χ2n) is 2.61. The van der Waals surface area contributed by atoms with Gasteiger partial charge in [0.2, 0.25) is 4.29 Å². The Kier molecular flexibility index (Phi) is 2.34. The smallest absolute Gasteiger partial charge is 0.368 e. The van der Waals surface area contributed by atoms with Gasteiger partial charge in [-0.15, -0.1) is 0 Å². The number of rotatable bonds is 9. The van der Waals surface area contributed by atoms with Crippen LogP contribution in [0.2, 0.25) is 2.82 Å². The molecule has 0 bridgehead atoms. The van der Waals surface area contributed by atoms with Gasteiger partial charge in [-0.1, -0.05) is 0 Å². The zero-order valence-corrected chi connectivity index (χ0v) is 8.69. The Morgan fingerprint density at radius 1 is 1.36 bits per heavy atom. The van der Waals surface area contributed by atoms with E-state index in [1.54, 1.807) is 0 Å². The Morgan fingerprint density at radius 2 is 1.93 bits per heavy atom. The molecule has 0 rings (SSSR count). The van der Waals surface area contributed by atoms with E-state index in [2.05, 4.69) is 14.9 Å². The van der Waals surface area contributed by atoms with Crippen LogP contribution in [0.5, 0.6) is 0 Å². The van der Waals surface area contributed by atoms with E-state index in [0.717, 1.165) is 0 Å². The lowest BCUT2D eigenvalue weighted by Crippen LogP contribution is -2.29. The second-order valence-corrected chi connectivity index (χ2v) is 6.49. The molecule has 0 saturated heterocycles. The topological polar surface area (TPSA) is 161 Å². The summed E-state index contributed by atoms with van der Waals surface area (Å²) in [7, 11) is -10.5. The van der Waals surface area contributed by atoms with Crippen molar-refractivity contribution < 1.29 is 36.6 Å². The van der Waals surface area contributed by atoms with Crippen molar-refractivity contribution in [3.05, 3.63) is 0 Å². The molecule has 0 aliphatic carbocycles. The molecule has 2 atom stereocenters. The van der Waals surface area contributed by atoms with E-state index in [-0.39, 0.29) is 18.7 Å². The third-order valence-corrected chi connectivity index (χ3v) is 5.27. The highest BCUT2D eigenvalue weighted by Gasteiger charge is 2.58. The van der Waals surface area contributed by atoms with Crippen LogP contribution in [0.15, 0.2) is 0 Å². The minimum Gasteiger partial charge on any atom is -0.368 e. The van der Waals surface area contributed by atoms with Crippen molar-refractivity contribution in [2.45, 2.75) is 17.9 Å². The molecule has 0 saturated carbocycles. The van der Waals surface area contributed by atoms with E-state index in [1.165, 1.54) is 0 Å². The zero-order valence-electron chi connectivity index (χ0n) is 11.9. The van der Waals surface area contributed by atoms with E-state index in [9.17, 15) is 18.9 Å². The van der Waals surface area contributed by atoms with Crippen LogP contribution in [0.4, 0.5) is 0 Å². The normalized spacial score (nSPS) is 29.8. The maximum absolute atomic E-state index is 11.6. The molecule has 10 heteroatoms. The van der Waals surface area contributed by atoms with Crippen LogP contribution in [-0.4, -0.2) is 40.6 Å². The zero-order chi connectivity index (χ0) is 15.3. The van der Waals surface area contributed by atoms with Gasteiger partial charge in [0.1, 0.15) is 2.82 Å². The molecule has 0 aliphatic rings. The fourth-order valence-corrected chi connectivity index (χ4v) is 2.91. The Labute approximate surface area is 87.5 Å². The minimum absolute atomic E-state index is 0.183. The molecule has 0 aliphatic heterocycles. The predicted octanol–water partition coefficient (Wildman–Crippen LogP) is -1.27. The Morgan fingerprint density at radius 3 is 2.29 bits per heavy atom. The van der Waals surface area contributed by atoms with Crippen molar-refractivity contribution in [1.82, 2.24) is 0 Å². The quantitative estimate of drug-likeness (QED) is 0.277. The van der Waals surface area contributed by atoms with Crippen LogP contribution < -0.4 is 5.72 Å². The summed E-state index contributed by atoms with van der Waals surface area (Å²) in [6.45, 7) is -0.318. The van der Waals surface area contributed by atoms with Gasteiger partial charge < -0.3 is 30.4 Å². The maximum Gasteiger partial charge on any atom is 0.369 e. The van der Waals surface area contributed by atoms with Gasteiger partial charge in [-0.3, -0.25) is 9.13 Å². The molecule has 0 aromatic carbocycles. The summed E-state index contributed by atoms with van der Waals surface area (Å²) in [4.78, 5) is 25.6. The van der Waals surface area contributed by atoms with Gasteiger partial charge in [-0.05, 0) is 13.0 Å². The van der Waals surface area contributed by atoms with E-state index in [0.29, 0.717) is 0 Å². The molecule has 0 radical (unpaired) electrons. The van der Waals surface area contributed by atoms with Gasteiger partial charge in [-0.25, -0.2) is 0 Å². The highest BCUT2D eigenvalue weighted by atomic mass is 31.2. The summed E-state index contributed by atoms with van der Waals surface area (Å²) in [5, 5.41) is 0.671. The third-order valence-electron chi connectivity index (χ3n) is 1.54. The van der Waals surface area contributed by atoms with Crippen molar-refractivity contribution >= 4 is 15.2 Å². The first kappa shape index (κ1) is 7.49. The molecule has 0 aromatic heterocycles. The van der Waals surface area contributed by atoms with Gasteiger partial charge in [-0.2, -0.15) is 0 Å². The largest absolute Gasteiger partial charge is 0.369 e. The molecular formula is C4H13NO7P2. The van der Waals surface area contributed by atoms with Crippen LogP contribution >= 0.6 is 15.2 Å². The predicted molar refractivity (Wildman–Crippen MR) is 47.3 cm³/mol. The summed E-state index contributed by atoms with van der Waals surface area (Å²) in [6.07, 6.45) is -1.11. The number of aliphatic hydroxyl groups is 1. The van der Waals surface area contributed by atoms with E-state index < -0.39 is 26.7 Å². The minimum atomic E-state index is -5.25. The first-order valence-corrected chi connectivity index (χ1v) is 6.61. The van der Waals surface area contributed by atoms with E-state index in [1.807, 2.05) is 0 Å². The molecular weight excluding hydrogens is 236 g/mol. The molecule has 0 heterocycles. The number of nitrogens with two attached hydrogens (primary N) is 1. The molecule has 86 valence electrons. The Balaban J connectivity index is 5.45. The molecule has 2 unspecified atom stereocenters. The van der Waals surface area contributed by atoms with Crippen molar-refractivity contribution in [3.63, 3.8) is 0 Å². The lowest BCUT2D eigenvalue weighted by Gasteiger charge is -2.28. The summed E-state index contributed by atoms with van der Waals surface area (Å²) in [5.74, 6) is 0. The molecule has 0 aromatic rings. The van der Waals surface area contributed by atoms with Crippen molar-refractivity contribution in [3.8, 4) is 0 Å². The second kappa shape index (κ2) is 4.38. The first-order valence-electron chi connectivity index (χ1n) is 5.57. The van der Waals surface area contributed by atoms with Gasteiger partial charge in [0.05, 0.1) is 0 Å². The first-order chi connectivity index (χ1) is 8.60. The van der Waals surface area contributed by atoms with Crippen molar-refractivity contribution in [2.75, 3.05) is 6.54 Å². The van der Waals surface area contributed by atoms with Crippen LogP contribution in [-0.2, 0) is 9.13 Å². The lowest BCUT2D eigenvalue weighted by atomic mass is 10.3. The summed E-state index contributed by atoms with van der Waals surface area (Å²) in [5.41, 5.74) is 0.183. The van der Waals surface area contributed by atoms with Crippen LogP contribution in [0.3, 0.4) is 0 Å². The average molecular weight is 254 g/mol. The monoisotopic (exact) mass is 254 g/mol. The average Bonchev–Trinajstić information content (AvgIpc) is 2.33. The van der Waals surface area contributed by atoms with Crippen LogP contribution in [0.1, 0.15) is 12.8 Å². The fourth-order valence-electron chi connectivity index (χ4n) is 0.752. The molecule has 0 amide bonds. The Hall–Kier alpha value is 0.220. The molecule has 7 N–H and O–H groups in total. The van der Waals surface area contributed by atoms with Gasteiger partial charge in [0, 0.05) is 6.42 Å². The maximum atomic E-state index is 11.6. The van der Waals surface area contributed by atoms with Gasteiger partial charge in [0.25, 0.3) is 5.08 Å². The van der Waals surface area contributed by atoms with Crippen LogP contribution in [0.25, 0.3) is 0 Å². The summed E-state index contributed by atoms with van der Waals surface area (Å²) >= 11 is 0. The van der Waals surface area contributed by atoms with E-state index >= 15 is 0 Å². The molecule has 0 fully saturated rings. The van der Waals surface area contributed by atoms with E-state index in [4.69, 9.17) is 7.12 Å². The highest BCUT2D eigenvalue weighted by molar-refractivity contribution is 7.72. The number of hydrogen-bond donors (Lipinski definition) is 6. The van der Waals surface area contributed by atoms with Crippen molar-refractivity contribution in [2.24, 2.45) is 5.72 Å². The Bertz CT molecular complexity index is 358. The fraction of sp³-hybridized carbons (Fsp3) is 1.00. The lowest BCUT2D eigenvalue weighted by molar-refractivity contribution is 0.121. The standard InChI is InChI=1S/C4H13NO7P2/c5-3-1-2-4(6,13(7,8)9)14(10,11)12/h6H,1-3,5H2,(H2,7,8,9)(H2,10,11,12)/i6D/hD4. The van der Waals surface area contributed by atoms with Gasteiger partial charge in [0.15, 0.2) is 0 Å². The molecule has 0 spiro atoms. The highest BCUT2D eigenvalue weighted by Crippen LogP contribution is 2.69. The summed E-state index contributed by atoms with van der Waals surface area (Å²) in [6, 6.07) is 0. The SMILES string of the molecule is [2H]OC(CCCN([2H])[2H])(P(=O)(O)O[2H])P(=O)(O)O[2H].